The van der Waals surface area contributed by atoms with Gasteiger partial charge in [0, 0.05) is 38.1 Å². The maximum Gasteiger partial charge on any atom is 0.260 e. The highest BCUT2D eigenvalue weighted by Crippen LogP contribution is 2.41. The van der Waals surface area contributed by atoms with Gasteiger partial charge in [0.25, 0.3) is 5.91 Å². The van der Waals surface area contributed by atoms with E-state index in [1.165, 1.54) is 5.56 Å². The van der Waals surface area contributed by atoms with Crippen molar-refractivity contribution in [1.82, 2.24) is 14.8 Å². The van der Waals surface area contributed by atoms with Crippen molar-refractivity contribution in [2.24, 2.45) is 0 Å². The van der Waals surface area contributed by atoms with Gasteiger partial charge in [-0.1, -0.05) is 6.07 Å². The van der Waals surface area contributed by atoms with Crippen molar-refractivity contribution < 1.29 is 13.9 Å². The molecule has 0 N–H and O–H groups in total. The first-order chi connectivity index (χ1) is 12.5. The number of halogens is 1. The molecule has 6 heteroatoms. The summed E-state index contributed by atoms with van der Waals surface area (Å²) in [6, 6.07) is 4.42. The van der Waals surface area contributed by atoms with Gasteiger partial charge in [-0.2, -0.15) is 0 Å². The first-order valence-electron chi connectivity index (χ1n) is 9.71. The summed E-state index contributed by atoms with van der Waals surface area (Å²) in [6.07, 6.45) is 7.91. The molecule has 1 aromatic heterocycles. The molecular weight excluding hydrogens is 333 g/mol. The SMILES string of the molecule is CN(Cc1cccnc1)[C@@H]1COC2(CCN(C(=O)C3(F)CCC3)CC2)C1. The van der Waals surface area contributed by atoms with E-state index in [1.54, 1.807) is 11.1 Å². The van der Waals surface area contributed by atoms with Gasteiger partial charge in [-0.05, 0) is 57.2 Å². The maximum atomic E-state index is 14.4. The number of alkyl halides is 1. The summed E-state index contributed by atoms with van der Waals surface area (Å²) < 4.78 is 20.6. The molecule has 0 aromatic carbocycles. The number of hydrogen-bond acceptors (Lipinski definition) is 4. The van der Waals surface area contributed by atoms with Crippen molar-refractivity contribution >= 4 is 5.91 Å². The molecule has 0 unspecified atom stereocenters. The lowest BCUT2D eigenvalue weighted by molar-refractivity contribution is -0.154. The van der Waals surface area contributed by atoms with Crippen molar-refractivity contribution in [2.75, 3.05) is 26.7 Å². The maximum absolute atomic E-state index is 14.4. The number of piperidine rings is 1. The topological polar surface area (TPSA) is 45.7 Å². The molecule has 0 radical (unpaired) electrons. The zero-order chi connectivity index (χ0) is 18.2. The average Bonchev–Trinajstić information content (AvgIpc) is 3.04. The minimum atomic E-state index is -1.58. The van der Waals surface area contributed by atoms with Gasteiger partial charge in [-0.15, -0.1) is 0 Å². The summed E-state index contributed by atoms with van der Waals surface area (Å²) in [6.45, 7) is 2.80. The molecule has 2 saturated heterocycles. The number of carbonyl (C=O) groups excluding carboxylic acids is 1. The highest BCUT2D eigenvalue weighted by molar-refractivity contribution is 5.86. The summed E-state index contributed by atoms with van der Waals surface area (Å²) in [5.41, 5.74) is -0.522. The van der Waals surface area contributed by atoms with Crippen LogP contribution in [0.2, 0.25) is 0 Å². The Labute approximate surface area is 154 Å². The van der Waals surface area contributed by atoms with E-state index in [0.717, 1.165) is 38.8 Å². The van der Waals surface area contributed by atoms with Crippen molar-refractivity contribution in [3.63, 3.8) is 0 Å². The second kappa shape index (κ2) is 6.89. The Balaban J connectivity index is 1.30. The third-order valence-electron chi connectivity index (χ3n) is 6.46. The van der Waals surface area contributed by atoms with Crippen LogP contribution < -0.4 is 0 Å². The zero-order valence-electron chi connectivity index (χ0n) is 15.5. The van der Waals surface area contributed by atoms with Crippen LogP contribution in [0.1, 0.15) is 44.1 Å². The summed E-state index contributed by atoms with van der Waals surface area (Å²) in [5, 5.41) is 0. The van der Waals surface area contributed by atoms with E-state index < -0.39 is 5.67 Å². The van der Waals surface area contributed by atoms with Gasteiger partial charge in [0.1, 0.15) is 0 Å². The van der Waals surface area contributed by atoms with Gasteiger partial charge in [-0.25, -0.2) is 4.39 Å². The molecule has 5 nitrogen and oxygen atoms in total. The predicted octanol–water partition coefficient (Wildman–Crippen LogP) is 2.56. The molecule has 1 amide bonds. The van der Waals surface area contributed by atoms with Crippen LogP contribution in [0.15, 0.2) is 24.5 Å². The minimum absolute atomic E-state index is 0.145. The molecule has 1 aliphatic carbocycles. The molecule has 3 heterocycles. The van der Waals surface area contributed by atoms with Crippen LogP contribution in [0.3, 0.4) is 0 Å². The third-order valence-corrected chi connectivity index (χ3v) is 6.46. The van der Waals surface area contributed by atoms with Gasteiger partial charge >= 0.3 is 0 Å². The fourth-order valence-corrected chi connectivity index (χ4v) is 4.46. The fraction of sp³-hybridized carbons (Fsp3) is 0.700. The van der Waals surface area contributed by atoms with Crippen molar-refractivity contribution in [1.29, 1.82) is 0 Å². The lowest BCUT2D eigenvalue weighted by Crippen LogP contribution is -2.55. The Kier molecular flexibility index (Phi) is 4.73. The van der Waals surface area contributed by atoms with E-state index in [4.69, 9.17) is 4.74 Å². The molecule has 1 atom stereocenters. The molecule has 3 aliphatic rings. The second-order valence-electron chi connectivity index (χ2n) is 8.24. The zero-order valence-corrected chi connectivity index (χ0v) is 15.5. The number of likely N-dealkylation sites (N-methyl/N-ethyl adjacent to an activating group) is 1. The molecule has 142 valence electrons. The lowest BCUT2D eigenvalue weighted by Gasteiger charge is -2.43. The molecule has 0 bridgehead atoms. The number of aromatic nitrogens is 1. The van der Waals surface area contributed by atoms with Crippen molar-refractivity contribution in [3.8, 4) is 0 Å². The van der Waals surface area contributed by atoms with E-state index in [0.29, 0.717) is 32.0 Å². The highest BCUT2D eigenvalue weighted by Gasteiger charge is 2.50. The average molecular weight is 361 g/mol. The number of hydrogen-bond donors (Lipinski definition) is 0. The monoisotopic (exact) mass is 361 g/mol. The molecule has 1 spiro atoms. The van der Waals surface area contributed by atoms with Crippen LogP contribution >= 0.6 is 0 Å². The molecular formula is C20H28FN3O2. The Morgan fingerprint density at radius 1 is 1.38 bits per heavy atom. The smallest absolute Gasteiger partial charge is 0.260 e. The quantitative estimate of drug-likeness (QED) is 0.827. The van der Waals surface area contributed by atoms with E-state index >= 15 is 0 Å². The number of pyridine rings is 1. The standard InChI is InChI=1S/C20H28FN3O2/c1-23(14-16-4-2-9-22-13-16)17-12-19(26-15-17)7-10-24(11-8-19)18(25)20(21)5-3-6-20/h2,4,9,13,17H,3,5-8,10-12,14-15H2,1H3/t17-/m0/s1. The molecule has 2 aliphatic heterocycles. The van der Waals surface area contributed by atoms with E-state index in [2.05, 4.69) is 23.0 Å². The van der Waals surface area contributed by atoms with E-state index in [9.17, 15) is 9.18 Å². The van der Waals surface area contributed by atoms with Crippen LogP contribution in [0, 0.1) is 0 Å². The summed E-state index contributed by atoms with van der Waals surface area (Å²) in [4.78, 5) is 20.6. The first-order valence-corrected chi connectivity index (χ1v) is 9.71. The lowest BCUT2D eigenvalue weighted by atomic mass is 9.79. The Morgan fingerprint density at radius 2 is 2.15 bits per heavy atom. The molecule has 3 fully saturated rings. The third kappa shape index (κ3) is 3.37. The number of nitrogens with zero attached hydrogens (tertiary/aromatic N) is 3. The number of likely N-dealkylation sites (tertiary alicyclic amines) is 1. The fourth-order valence-electron chi connectivity index (χ4n) is 4.46. The molecule has 1 aromatic rings. The number of amides is 1. The first kappa shape index (κ1) is 17.9. The highest BCUT2D eigenvalue weighted by atomic mass is 19.1. The van der Waals surface area contributed by atoms with Crippen molar-refractivity contribution in [3.05, 3.63) is 30.1 Å². The molecule has 26 heavy (non-hydrogen) atoms. The molecule has 4 rings (SSSR count). The predicted molar refractivity (Wildman–Crippen MR) is 96.3 cm³/mol. The number of rotatable bonds is 4. The summed E-state index contributed by atoms with van der Waals surface area (Å²) in [7, 11) is 2.13. The Morgan fingerprint density at radius 3 is 2.77 bits per heavy atom. The van der Waals surface area contributed by atoms with Crippen LogP contribution in [0.5, 0.6) is 0 Å². The van der Waals surface area contributed by atoms with Gasteiger partial charge in [0.15, 0.2) is 5.67 Å². The van der Waals surface area contributed by atoms with E-state index in [-0.39, 0.29) is 11.5 Å². The summed E-state index contributed by atoms with van der Waals surface area (Å²) >= 11 is 0. The van der Waals surface area contributed by atoms with Crippen LogP contribution in [-0.4, -0.2) is 64.7 Å². The van der Waals surface area contributed by atoms with Gasteiger partial charge in [0.2, 0.25) is 0 Å². The number of carbonyl (C=O) groups is 1. The normalized spacial score (nSPS) is 26.9. The summed E-state index contributed by atoms with van der Waals surface area (Å²) in [5.74, 6) is -0.290. The Bertz CT molecular complexity index is 642. The molecule has 1 saturated carbocycles. The van der Waals surface area contributed by atoms with Gasteiger partial charge < -0.3 is 9.64 Å². The van der Waals surface area contributed by atoms with Crippen LogP contribution in [-0.2, 0) is 16.1 Å². The van der Waals surface area contributed by atoms with Crippen LogP contribution in [0.25, 0.3) is 0 Å². The van der Waals surface area contributed by atoms with Gasteiger partial charge in [0.05, 0.1) is 12.2 Å². The Hall–Kier alpha value is -1.53. The van der Waals surface area contributed by atoms with Gasteiger partial charge in [-0.3, -0.25) is 14.7 Å². The minimum Gasteiger partial charge on any atom is -0.373 e. The number of ether oxygens (including phenoxy) is 1. The van der Waals surface area contributed by atoms with Crippen molar-refractivity contribution in [2.45, 2.75) is 62.4 Å². The van der Waals surface area contributed by atoms with Crippen LogP contribution in [0.4, 0.5) is 4.39 Å². The van der Waals surface area contributed by atoms with E-state index in [1.807, 2.05) is 12.3 Å². The second-order valence-corrected chi connectivity index (χ2v) is 8.24. The largest absolute Gasteiger partial charge is 0.373 e.